The Morgan fingerprint density at radius 1 is 1.05 bits per heavy atom. The number of benzene rings is 1. The molecular weight excluding hydrogens is 526 g/mol. The zero-order chi connectivity index (χ0) is 27.9. The van der Waals surface area contributed by atoms with Crippen LogP contribution < -0.4 is 10.1 Å². The maximum absolute atomic E-state index is 13.1. The summed E-state index contributed by atoms with van der Waals surface area (Å²) in [6, 6.07) is 6.24. The number of anilines is 1. The van der Waals surface area contributed by atoms with Crippen molar-refractivity contribution in [2.45, 2.75) is 57.3 Å². The average molecular weight is 570 g/mol. The molecular formula is C30H43N5O4S. The number of nitrogens with zero attached hydrogens (tertiary/aromatic N) is 4. The van der Waals surface area contributed by atoms with Gasteiger partial charge in [-0.3, -0.25) is 15.0 Å². The number of ether oxygens (including phenoxy) is 1. The van der Waals surface area contributed by atoms with Crippen molar-refractivity contribution in [3.63, 3.8) is 0 Å². The van der Waals surface area contributed by atoms with E-state index >= 15 is 0 Å². The van der Waals surface area contributed by atoms with Crippen molar-refractivity contribution in [3.8, 4) is 17.0 Å². The van der Waals surface area contributed by atoms with Gasteiger partial charge in [-0.05, 0) is 61.8 Å². The van der Waals surface area contributed by atoms with Crippen LogP contribution in [0.15, 0.2) is 23.6 Å². The lowest BCUT2D eigenvalue weighted by molar-refractivity contribution is -0.137. The number of carbonyl (C=O) groups excluding carboxylic acids is 1. The highest BCUT2D eigenvalue weighted by Crippen LogP contribution is 2.40. The van der Waals surface area contributed by atoms with E-state index in [0.29, 0.717) is 36.6 Å². The van der Waals surface area contributed by atoms with E-state index < -0.39 is 5.97 Å². The number of carboxylic acids is 1. The summed E-state index contributed by atoms with van der Waals surface area (Å²) in [5, 5.41) is 14.7. The van der Waals surface area contributed by atoms with Gasteiger partial charge in [0.15, 0.2) is 5.13 Å². The number of methoxy groups -OCH3 is 1. The number of likely N-dealkylation sites (tertiary alicyclic amines) is 1. The molecule has 2 amide bonds. The Labute approximate surface area is 241 Å². The maximum Gasteiger partial charge on any atom is 0.323 e. The van der Waals surface area contributed by atoms with Crippen LogP contribution in [-0.4, -0.2) is 96.3 Å². The van der Waals surface area contributed by atoms with Crippen molar-refractivity contribution in [1.82, 2.24) is 19.7 Å². The molecule has 3 aliphatic rings. The fourth-order valence-electron chi connectivity index (χ4n) is 6.54. The molecule has 0 bridgehead atoms. The molecule has 218 valence electrons. The molecule has 2 saturated heterocycles. The van der Waals surface area contributed by atoms with E-state index in [1.807, 2.05) is 16.3 Å². The van der Waals surface area contributed by atoms with Gasteiger partial charge in [0.25, 0.3) is 0 Å². The summed E-state index contributed by atoms with van der Waals surface area (Å²) in [6.07, 6.45) is 8.80. The number of carboxylic acid groups (broad SMARTS) is 1. The van der Waals surface area contributed by atoms with Crippen molar-refractivity contribution in [1.29, 1.82) is 0 Å². The van der Waals surface area contributed by atoms with E-state index in [0.717, 1.165) is 56.2 Å². The lowest BCUT2D eigenvalue weighted by atomic mass is 9.81. The zero-order valence-corrected chi connectivity index (χ0v) is 24.5. The smallest absolute Gasteiger partial charge is 0.323 e. The third-order valence-corrected chi connectivity index (χ3v) is 9.48. The number of hydrogen-bond acceptors (Lipinski definition) is 7. The standard InChI is InChI=1S/C30H43N5O4S/c1-39-24-9-10-25(23-7-3-2-4-8-23)26(18-24)27-21-40-29(31-27)32-30(38)35-16-14-34(15-17-35)20-22-6-5-12-33(19-22)13-11-28(36)37/h9-10,18,21-23H,2-8,11-17,19-20H2,1H3,(H,36,37)(H,31,32,38). The van der Waals surface area contributed by atoms with E-state index in [-0.39, 0.29) is 12.5 Å². The number of piperidine rings is 1. The third kappa shape index (κ3) is 7.53. The van der Waals surface area contributed by atoms with Gasteiger partial charge in [-0.1, -0.05) is 25.3 Å². The quantitative estimate of drug-likeness (QED) is 0.428. The van der Waals surface area contributed by atoms with Crippen LogP contribution in [0.3, 0.4) is 0 Å². The molecule has 1 saturated carbocycles. The summed E-state index contributed by atoms with van der Waals surface area (Å²) in [5.74, 6) is 1.21. The van der Waals surface area contributed by atoms with Gasteiger partial charge in [0, 0.05) is 56.8 Å². The normalized spacial score (nSPS) is 21.3. The molecule has 1 aromatic carbocycles. The van der Waals surface area contributed by atoms with Crippen LogP contribution in [0, 0.1) is 5.92 Å². The Kier molecular flexibility index (Phi) is 9.93. The van der Waals surface area contributed by atoms with Gasteiger partial charge in [-0.2, -0.15) is 0 Å². The summed E-state index contributed by atoms with van der Waals surface area (Å²) in [5.41, 5.74) is 3.35. The first-order chi connectivity index (χ1) is 19.5. The first-order valence-electron chi connectivity index (χ1n) is 14.8. The molecule has 40 heavy (non-hydrogen) atoms. The number of carbonyl (C=O) groups is 2. The van der Waals surface area contributed by atoms with Crippen molar-refractivity contribution < 1.29 is 19.4 Å². The fourth-order valence-corrected chi connectivity index (χ4v) is 7.24. The average Bonchev–Trinajstić information content (AvgIpc) is 3.45. The number of aliphatic carboxylic acids is 1. The van der Waals surface area contributed by atoms with Crippen LogP contribution in [0.5, 0.6) is 5.75 Å². The minimum absolute atomic E-state index is 0.0868. The van der Waals surface area contributed by atoms with Crippen LogP contribution in [0.1, 0.15) is 62.8 Å². The largest absolute Gasteiger partial charge is 0.497 e. The van der Waals surface area contributed by atoms with E-state index in [1.165, 1.54) is 55.4 Å². The second kappa shape index (κ2) is 13.8. The molecule has 1 unspecified atom stereocenters. The highest BCUT2D eigenvalue weighted by molar-refractivity contribution is 7.14. The Morgan fingerprint density at radius 2 is 1.85 bits per heavy atom. The molecule has 0 spiro atoms. The number of nitrogens with one attached hydrogen (secondary N) is 1. The third-order valence-electron chi connectivity index (χ3n) is 8.72. The lowest BCUT2D eigenvalue weighted by Gasteiger charge is -2.39. The molecule has 9 nitrogen and oxygen atoms in total. The Hall–Kier alpha value is -2.69. The van der Waals surface area contributed by atoms with Crippen LogP contribution in [-0.2, 0) is 4.79 Å². The predicted molar refractivity (Wildman–Crippen MR) is 158 cm³/mol. The molecule has 2 aliphatic heterocycles. The van der Waals surface area contributed by atoms with E-state index in [2.05, 4.69) is 27.2 Å². The lowest BCUT2D eigenvalue weighted by Crippen LogP contribution is -2.52. The molecule has 2 N–H and O–H groups in total. The van der Waals surface area contributed by atoms with Crippen molar-refractivity contribution in [2.24, 2.45) is 5.92 Å². The molecule has 2 aromatic rings. The molecule has 1 aliphatic carbocycles. The second-order valence-electron chi connectivity index (χ2n) is 11.5. The summed E-state index contributed by atoms with van der Waals surface area (Å²) >= 11 is 1.47. The van der Waals surface area contributed by atoms with Gasteiger partial charge in [-0.15, -0.1) is 11.3 Å². The number of aromatic nitrogens is 1. The maximum atomic E-state index is 13.1. The summed E-state index contributed by atoms with van der Waals surface area (Å²) in [6.45, 7) is 6.72. The van der Waals surface area contributed by atoms with Crippen molar-refractivity contribution in [3.05, 3.63) is 29.1 Å². The fraction of sp³-hybridized carbons (Fsp3) is 0.633. The molecule has 1 aromatic heterocycles. The Balaban J connectivity index is 1.13. The van der Waals surface area contributed by atoms with Crippen LogP contribution in [0.25, 0.3) is 11.3 Å². The minimum Gasteiger partial charge on any atom is -0.497 e. The molecule has 10 heteroatoms. The highest BCUT2D eigenvalue weighted by Gasteiger charge is 2.27. The molecule has 3 fully saturated rings. The number of hydrogen-bond donors (Lipinski definition) is 2. The second-order valence-corrected chi connectivity index (χ2v) is 12.4. The van der Waals surface area contributed by atoms with Gasteiger partial charge < -0.3 is 19.6 Å². The summed E-state index contributed by atoms with van der Waals surface area (Å²) in [4.78, 5) is 35.5. The van der Waals surface area contributed by atoms with Crippen LogP contribution in [0.4, 0.5) is 9.93 Å². The van der Waals surface area contributed by atoms with E-state index in [9.17, 15) is 9.59 Å². The van der Waals surface area contributed by atoms with Crippen molar-refractivity contribution >= 4 is 28.5 Å². The number of amides is 2. The van der Waals surface area contributed by atoms with Gasteiger partial charge >= 0.3 is 12.0 Å². The minimum atomic E-state index is -0.727. The van der Waals surface area contributed by atoms with Crippen LogP contribution >= 0.6 is 11.3 Å². The van der Waals surface area contributed by atoms with Crippen LogP contribution in [0.2, 0.25) is 0 Å². The van der Waals surface area contributed by atoms with Gasteiger partial charge in [0.05, 0.1) is 19.2 Å². The first-order valence-corrected chi connectivity index (χ1v) is 15.7. The Bertz CT molecular complexity index is 1140. The number of piperazine rings is 1. The van der Waals surface area contributed by atoms with Gasteiger partial charge in [-0.25, -0.2) is 9.78 Å². The number of thiazole rings is 1. The molecule has 1 atom stereocenters. The van der Waals surface area contributed by atoms with Gasteiger partial charge in [0.2, 0.25) is 0 Å². The SMILES string of the molecule is COc1ccc(C2CCCCC2)c(-c2csc(NC(=O)N3CCN(CC4CCCN(CCC(=O)O)C4)CC3)n2)c1. The summed E-state index contributed by atoms with van der Waals surface area (Å²) < 4.78 is 5.52. The summed E-state index contributed by atoms with van der Waals surface area (Å²) in [7, 11) is 1.69. The van der Waals surface area contributed by atoms with E-state index in [4.69, 9.17) is 14.8 Å². The molecule has 3 heterocycles. The number of rotatable bonds is 9. The first kappa shape index (κ1) is 28.8. The van der Waals surface area contributed by atoms with Gasteiger partial charge in [0.1, 0.15) is 5.75 Å². The Morgan fingerprint density at radius 3 is 2.60 bits per heavy atom. The van der Waals surface area contributed by atoms with Crippen molar-refractivity contribution in [2.75, 3.05) is 64.8 Å². The topological polar surface area (TPSA) is 98.2 Å². The predicted octanol–water partition coefficient (Wildman–Crippen LogP) is 5.20. The molecule has 0 radical (unpaired) electrons. The van der Waals surface area contributed by atoms with E-state index in [1.54, 1.807) is 7.11 Å². The zero-order valence-electron chi connectivity index (χ0n) is 23.6. The molecule has 5 rings (SSSR count). The number of urea groups is 1. The monoisotopic (exact) mass is 569 g/mol. The highest BCUT2D eigenvalue weighted by atomic mass is 32.1.